The Hall–Kier alpha value is -3.16. The van der Waals surface area contributed by atoms with Crippen LogP contribution < -0.4 is 21.1 Å². The average Bonchev–Trinajstić information content (AvgIpc) is 3.02. The number of carbonyl (C=O) groups is 2. The third-order valence-electron chi connectivity index (χ3n) is 5.39. The zero-order valence-electron chi connectivity index (χ0n) is 15.9. The van der Waals surface area contributed by atoms with Gasteiger partial charge < -0.3 is 15.6 Å². The Bertz CT molecular complexity index is 994. The fourth-order valence-corrected chi connectivity index (χ4v) is 3.80. The minimum Gasteiger partial charge on any atom is -0.349 e. The number of nitrogens with zero attached hydrogens (tertiary/aromatic N) is 2. The summed E-state index contributed by atoms with van der Waals surface area (Å²) in [7, 11) is 0. The molecule has 0 atom stereocenters. The summed E-state index contributed by atoms with van der Waals surface area (Å²) in [6.07, 6.45) is 1.52. The molecule has 1 aliphatic heterocycles. The monoisotopic (exact) mass is 381 g/mol. The van der Waals surface area contributed by atoms with E-state index in [2.05, 4.69) is 20.6 Å². The van der Waals surface area contributed by atoms with Crippen molar-refractivity contribution in [1.29, 1.82) is 0 Å². The van der Waals surface area contributed by atoms with Gasteiger partial charge in [-0.05, 0) is 44.4 Å². The predicted molar refractivity (Wildman–Crippen MR) is 105 cm³/mol. The molecule has 4 rings (SSSR count). The molecule has 2 heterocycles. The molecule has 2 aromatic rings. The van der Waals surface area contributed by atoms with E-state index in [-0.39, 0.29) is 29.5 Å². The number of benzene rings is 1. The molecule has 1 aliphatic carbocycles. The van der Waals surface area contributed by atoms with Gasteiger partial charge in [-0.1, -0.05) is 6.07 Å². The van der Waals surface area contributed by atoms with Crippen molar-refractivity contribution in [1.82, 2.24) is 20.6 Å². The van der Waals surface area contributed by atoms with Gasteiger partial charge in [-0.15, -0.1) is 0 Å². The van der Waals surface area contributed by atoms with Gasteiger partial charge in [0, 0.05) is 42.4 Å². The summed E-state index contributed by atoms with van der Waals surface area (Å²) in [6, 6.07) is 6.86. The molecule has 1 aromatic carbocycles. The van der Waals surface area contributed by atoms with Crippen LogP contribution in [0.5, 0.6) is 0 Å². The molecule has 1 saturated heterocycles. The number of carbonyl (C=O) groups excluding carboxylic acids is 2. The molecule has 0 bridgehead atoms. The summed E-state index contributed by atoms with van der Waals surface area (Å²) in [4.78, 5) is 44.9. The van der Waals surface area contributed by atoms with E-state index in [4.69, 9.17) is 0 Å². The predicted octanol–water partition coefficient (Wildman–Crippen LogP) is 1.59. The van der Waals surface area contributed by atoms with Gasteiger partial charge in [-0.25, -0.2) is 9.78 Å². The number of amides is 3. The van der Waals surface area contributed by atoms with Crippen LogP contribution in [0.4, 0.5) is 10.5 Å². The van der Waals surface area contributed by atoms with Crippen molar-refractivity contribution in [3.05, 3.63) is 57.3 Å². The van der Waals surface area contributed by atoms with Gasteiger partial charge in [0.2, 0.25) is 0 Å². The van der Waals surface area contributed by atoms with E-state index in [0.29, 0.717) is 24.5 Å². The second-order valence-electron chi connectivity index (χ2n) is 7.48. The van der Waals surface area contributed by atoms with Crippen LogP contribution in [0.25, 0.3) is 0 Å². The SMILES string of the molecule is Cc1nc(C2CC(NC(=O)c3ccc(C)c(N4CCNC4=O)c3)C2)cc(=O)[nH]1. The molecule has 0 radical (unpaired) electrons. The Balaban J connectivity index is 1.41. The molecule has 0 spiro atoms. The van der Waals surface area contributed by atoms with E-state index in [1.54, 1.807) is 24.0 Å². The second-order valence-corrected chi connectivity index (χ2v) is 7.48. The van der Waals surface area contributed by atoms with Crippen molar-refractivity contribution in [2.24, 2.45) is 0 Å². The Morgan fingerprint density at radius 3 is 2.68 bits per heavy atom. The third-order valence-corrected chi connectivity index (χ3v) is 5.39. The van der Waals surface area contributed by atoms with Crippen LogP contribution in [0, 0.1) is 13.8 Å². The largest absolute Gasteiger partial charge is 0.349 e. The number of aromatic nitrogens is 2. The first kappa shape index (κ1) is 18.2. The molecule has 146 valence electrons. The molecule has 1 aromatic heterocycles. The molecular weight excluding hydrogens is 358 g/mol. The van der Waals surface area contributed by atoms with Crippen LogP contribution in [-0.2, 0) is 0 Å². The number of H-pyrrole nitrogens is 1. The summed E-state index contributed by atoms with van der Waals surface area (Å²) in [6.45, 7) is 4.89. The standard InChI is InChI=1S/C20H23N5O3/c1-11-3-4-13(9-17(11)25-6-5-21-20(25)28)19(27)24-15-7-14(8-15)16-10-18(26)23-12(2)22-16/h3-4,9-10,14-15H,5-8H2,1-2H3,(H,21,28)(H,24,27)(H,22,23,26). The summed E-state index contributed by atoms with van der Waals surface area (Å²) in [5.41, 5.74) is 2.89. The number of hydrogen-bond donors (Lipinski definition) is 3. The molecule has 3 N–H and O–H groups in total. The maximum absolute atomic E-state index is 12.7. The molecule has 8 heteroatoms. The Labute approximate surface area is 162 Å². The first-order valence-electron chi connectivity index (χ1n) is 9.45. The number of nitrogens with one attached hydrogen (secondary N) is 3. The van der Waals surface area contributed by atoms with Crippen LogP contribution in [0.1, 0.15) is 46.2 Å². The number of rotatable bonds is 4. The fourth-order valence-electron chi connectivity index (χ4n) is 3.80. The van der Waals surface area contributed by atoms with Crippen LogP contribution in [0.15, 0.2) is 29.1 Å². The van der Waals surface area contributed by atoms with Gasteiger partial charge in [0.25, 0.3) is 11.5 Å². The van der Waals surface area contributed by atoms with Gasteiger partial charge in [0.15, 0.2) is 0 Å². The normalized spacial score (nSPS) is 21.2. The number of aryl methyl sites for hydroxylation is 2. The minimum absolute atomic E-state index is 0.0544. The lowest BCUT2D eigenvalue weighted by molar-refractivity contribution is 0.0908. The zero-order valence-corrected chi connectivity index (χ0v) is 15.9. The molecule has 0 unspecified atom stereocenters. The Morgan fingerprint density at radius 1 is 1.21 bits per heavy atom. The first-order valence-corrected chi connectivity index (χ1v) is 9.45. The highest BCUT2D eigenvalue weighted by Gasteiger charge is 2.33. The quantitative estimate of drug-likeness (QED) is 0.747. The number of hydrogen-bond acceptors (Lipinski definition) is 4. The summed E-state index contributed by atoms with van der Waals surface area (Å²) in [5, 5.41) is 5.82. The maximum Gasteiger partial charge on any atom is 0.322 e. The van der Waals surface area contributed by atoms with E-state index in [1.165, 1.54) is 6.07 Å². The summed E-state index contributed by atoms with van der Waals surface area (Å²) < 4.78 is 0. The Kier molecular flexibility index (Phi) is 4.62. The molecule has 1 saturated carbocycles. The lowest BCUT2D eigenvalue weighted by atomic mass is 9.78. The van der Waals surface area contributed by atoms with E-state index in [9.17, 15) is 14.4 Å². The van der Waals surface area contributed by atoms with E-state index in [1.807, 2.05) is 13.0 Å². The average molecular weight is 381 g/mol. The Morgan fingerprint density at radius 2 is 2.00 bits per heavy atom. The van der Waals surface area contributed by atoms with Crippen molar-refractivity contribution in [3.8, 4) is 0 Å². The van der Waals surface area contributed by atoms with Gasteiger partial charge in [0.1, 0.15) is 5.82 Å². The molecule has 2 aliphatic rings. The zero-order chi connectivity index (χ0) is 19.8. The van der Waals surface area contributed by atoms with Gasteiger partial charge in [-0.2, -0.15) is 0 Å². The highest BCUT2D eigenvalue weighted by atomic mass is 16.2. The highest BCUT2D eigenvalue weighted by Crippen LogP contribution is 2.35. The number of aromatic amines is 1. The van der Waals surface area contributed by atoms with Crippen molar-refractivity contribution in [2.45, 2.75) is 38.6 Å². The minimum atomic E-state index is -0.153. The third kappa shape index (κ3) is 3.49. The van der Waals surface area contributed by atoms with Crippen LogP contribution in [0.3, 0.4) is 0 Å². The number of anilines is 1. The van der Waals surface area contributed by atoms with Gasteiger partial charge in [0.05, 0.1) is 5.69 Å². The molecule has 28 heavy (non-hydrogen) atoms. The van der Waals surface area contributed by atoms with E-state index >= 15 is 0 Å². The van der Waals surface area contributed by atoms with Crippen molar-refractivity contribution < 1.29 is 9.59 Å². The maximum atomic E-state index is 12.7. The van der Waals surface area contributed by atoms with Crippen LogP contribution in [0.2, 0.25) is 0 Å². The molecule has 2 fully saturated rings. The smallest absolute Gasteiger partial charge is 0.322 e. The summed E-state index contributed by atoms with van der Waals surface area (Å²) >= 11 is 0. The van der Waals surface area contributed by atoms with Crippen molar-refractivity contribution in [3.63, 3.8) is 0 Å². The highest BCUT2D eigenvalue weighted by molar-refractivity contribution is 5.99. The summed E-state index contributed by atoms with van der Waals surface area (Å²) in [5.74, 6) is 0.639. The topological polar surface area (TPSA) is 107 Å². The number of urea groups is 1. The van der Waals surface area contributed by atoms with Gasteiger partial charge in [-0.3, -0.25) is 14.5 Å². The van der Waals surface area contributed by atoms with Crippen molar-refractivity contribution in [2.75, 3.05) is 18.0 Å². The lowest BCUT2D eigenvalue weighted by Gasteiger charge is -2.35. The van der Waals surface area contributed by atoms with E-state index < -0.39 is 0 Å². The van der Waals surface area contributed by atoms with Crippen LogP contribution >= 0.6 is 0 Å². The van der Waals surface area contributed by atoms with Crippen LogP contribution in [-0.4, -0.2) is 41.0 Å². The second kappa shape index (κ2) is 7.10. The van der Waals surface area contributed by atoms with Gasteiger partial charge >= 0.3 is 6.03 Å². The first-order chi connectivity index (χ1) is 13.4. The van der Waals surface area contributed by atoms with E-state index in [0.717, 1.165) is 29.8 Å². The molecule has 3 amide bonds. The van der Waals surface area contributed by atoms with Crippen molar-refractivity contribution >= 4 is 17.6 Å². The molecular formula is C20H23N5O3. The lowest BCUT2D eigenvalue weighted by Crippen LogP contribution is -2.43. The molecule has 8 nitrogen and oxygen atoms in total. The fraction of sp³-hybridized carbons (Fsp3) is 0.400.